The van der Waals surface area contributed by atoms with Crippen molar-refractivity contribution in [2.45, 2.75) is 64.2 Å². The number of carbonyl (C=O) groups excluding carboxylic acids is 4. The maximum absolute atomic E-state index is 13.4. The lowest BCUT2D eigenvalue weighted by molar-refractivity contribution is -0.141. The molecule has 0 spiro atoms. The van der Waals surface area contributed by atoms with Crippen LogP contribution in [-0.2, 0) is 30.3 Å². The molecule has 0 aliphatic carbocycles. The molecule has 11 heteroatoms. The fourth-order valence-corrected chi connectivity index (χ4v) is 4.49. The molecule has 0 radical (unpaired) electrons. The lowest BCUT2D eigenvalue weighted by Crippen LogP contribution is -2.57. The summed E-state index contributed by atoms with van der Waals surface area (Å²) in [5, 5.41) is 7.98. The SMILES string of the molecule is C=C/C(=C(/C)OC)c1cc(C[C@H](NC(=O)[C@H](C)N)C(=O)N[C@@H](C)C(=O)N2CCC[C@H]2C(=O)NC)ccc1OC. The fraction of sp³-hybridized carbons (Fsp3) is 0.500. The number of nitrogens with one attached hydrogen (secondary N) is 3. The Morgan fingerprint density at radius 1 is 1.18 bits per heavy atom. The van der Waals surface area contributed by atoms with Gasteiger partial charge in [-0.1, -0.05) is 18.7 Å². The topological polar surface area (TPSA) is 152 Å². The minimum absolute atomic E-state index is 0.114. The molecule has 1 aliphatic heterocycles. The second-order valence-corrected chi connectivity index (χ2v) is 9.50. The van der Waals surface area contributed by atoms with Crippen LogP contribution in [0.5, 0.6) is 5.75 Å². The number of allylic oxidation sites excluding steroid dienone is 3. The summed E-state index contributed by atoms with van der Waals surface area (Å²) in [6.45, 7) is 9.18. The molecule has 39 heavy (non-hydrogen) atoms. The van der Waals surface area contributed by atoms with Crippen LogP contribution in [0.4, 0.5) is 0 Å². The number of hydrogen-bond donors (Lipinski definition) is 4. The summed E-state index contributed by atoms with van der Waals surface area (Å²) in [6.07, 6.45) is 3.02. The zero-order valence-electron chi connectivity index (χ0n) is 23.6. The van der Waals surface area contributed by atoms with Gasteiger partial charge < -0.3 is 36.1 Å². The first-order chi connectivity index (χ1) is 18.5. The molecule has 1 aromatic rings. The predicted molar refractivity (Wildman–Crippen MR) is 148 cm³/mol. The van der Waals surface area contributed by atoms with Crippen LogP contribution in [0.25, 0.3) is 5.57 Å². The normalized spacial score (nSPS) is 17.7. The molecular formula is C28H41N5O6. The molecule has 1 saturated heterocycles. The van der Waals surface area contributed by atoms with Gasteiger partial charge in [0.15, 0.2) is 0 Å². The highest BCUT2D eigenvalue weighted by Gasteiger charge is 2.36. The molecule has 11 nitrogen and oxygen atoms in total. The van der Waals surface area contributed by atoms with Crippen LogP contribution in [0.1, 0.15) is 44.7 Å². The van der Waals surface area contributed by atoms with Crippen LogP contribution >= 0.6 is 0 Å². The van der Waals surface area contributed by atoms with Gasteiger partial charge in [0.05, 0.1) is 20.3 Å². The molecular weight excluding hydrogens is 502 g/mol. The number of rotatable bonds is 12. The maximum Gasteiger partial charge on any atom is 0.245 e. The van der Waals surface area contributed by atoms with Crippen LogP contribution in [0.2, 0.25) is 0 Å². The highest BCUT2D eigenvalue weighted by atomic mass is 16.5. The van der Waals surface area contributed by atoms with Gasteiger partial charge in [0.1, 0.15) is 29.6 Å². The van der Waals surface area contributed by atoms with E-state index >= 15 is 0 Å². The van der Waals surface area contributed by atoms with E-state index in [4.69, 9.17) is 15.2 Å². The monoisotopic (exact) mass is 543 g/mol. The Labute approximate surface area is 230 Å². The van der Waals surface area contributed by atoms with Gasteiger partial charge >= 0.3 is 0 Å². The number of amides is 4. The third-order valence-corrected chi connectivity index (χ3v) is 6.74. The number of likely N-dealkylation sites (tertiary alicyclic amines) is 1. The van der Waals surface area contributed by atoms with Crippen molar-refractivity contribution in [2.24, 2.45) is 5.73 Å². The average Bonchev–Trinajstić information content (AvgIpc) is 3.42. The summed E-state index contributed by atoms with van der Waals surface area (Å²) in [5.41, 5.74) is 7.89. The Hall–Kier alpha value is -3.86. The quantitative estimate of drug-likeness (QED) is 0.226. The zero-order chi connectivity index (χ0) is 29.3. The molecule has 214 valence electrons. The van der Waals surface area contributed by atoms with Crippen LogP contribution in [-0.4, -0.2) is 80.5 Å². The molecule has 5 N–H and O–H groups in total. The summed E-state index contributed by atoms with van der Waals surface area (Å²) < 4.78 is 10.9. The van der Waals surface area contributed by atoms with Crippen LogP contribution < -0.4 is 26.4 Å². The molecule has 0 saturated carbocycles. The number of methoxy groups -OCH3 is 2. The van der Waals surface area contributed by atoms with E-state index in [0.29, 0.717) is 42.0 Å². The van der Waals surface area contributed by atoms with Gasteiger partial charge in [0.2, 0.25) is 23.6 Å². The summed E-state index contributed by atoms with van der Waals surface area (Å²) in [6, 6.07) is 2.04. The van der Waals surface area contributed by atoms with Crippen LogP contribution in [0.15, 0.2) is 36.6 Å². The van der Waals surface area contributed by atoms with Crippen LogP contribution in [0.3, 0.4) is 0 Å². The van der Waals surface area contributed by atoms with E-state index in [0.717, 1.165) is 5.56 Å². The van der Waals surface area contributed by atoms with Crippen molar-refractivity contribution in [2.75, 3.05) is 27.8 Å². The maximum atomic E-state index is 13.4. The molecule has 2 rings (SSSR count). The lowest BCUT2D eigenvalue weighted by Gasteiger charge is -2.28. The average molecular weight is 544 g/mol. The molecule has 0 unspecified atom stereocenters. The molecule has 1 aliphatic rings. The van der Waals surface area contributed by atoms with Gasteiger partial charge in [0, 0.05) is 31.1 Å². The minimum atomic E-state index is -1.02. The van der Waals surface area contributed by atoms with E-state index in [1.807, 2.05) is 6.07 Å². The first-order valence-corrected chi connectivity index (χ1v) is 12.9. The Kier molecular flexibility index (Phi) is 11.5. The second-order valence-electron chi connectivity index (χ2n) is 9.50. The van der Waals surface area contributed by atoms with Gasteiger partial charge in [-0.3, -0.25) is 19.2 Å². The van der Waals surface area contributed by atoms with Crippen molar-refractivity contribution in [3.05, 3.63) is 47.7 Å². The van der Waals surface area contributed by atoms with Gasteiger partial charge in [-0.25, -0.2) is 0 Å². The number of likely N-dealkylation sites (N-methyl/N-ethyl adjacent to an activating group) is 1. The zero-order valence-corrected chi connectivity index (χ0v) is 23.6. The van der Waals surface area contributed by atoms with Crippen molar-refractivity contribution in [1.29, 1.82) is 0 Å². The first kappa shape index (κ1) is 31.4. The standard InChI is InChI=1S/C28H41N5O6/c1-8-20(18(4)38-6)21-14-19(11-12-24(21)39-7)15-22(32-25(34)16(2)29)26(35)31-17(3)28(37)33-13-9-10-23(33)27(36)30-5/h8,11-12,14,16-17,22-23H,1,9-10,13,15,29H2,2-7H3,(H,30,36)(H,31,35)(H,32,34)/b20-18+/t16-,17-,22-,23-/m0/s1. The Morgan fingerprint density at radius 2 is 1.87 bits per heavy atom. The summed E-state index contributed by atoms with van der Waals surface area (Å²) >= 11 is 0. The van der Waals surface area contributed by atoms with Crippen molar-refractivity contribution in [1.82, 2.24) is 20.9 Å². The van der Waals surface area contributed by atoms with Gasteiger partial charge in [-0.15, -0.1) is 0 Å². The molecule has 4 amide bonds. The third-order valence-electron chi connectivity index (χ3n) is 6.74. The molecule has 1 heterocycles. The van der Waals surface area contributed by atoms with Crippen molar-refractivity contribution >= 4 is 29.2 Å². The summed E-state index contributed by atoms with van der Waals surface area (Å²) in [5.74, 6) is -0.456. The number of nitrogens with zero attached hydrogens (tertiary/aromatic N) is 1. The second kappa shape index (κ2) is 14.3. The molecule has 4 atom stereocenters. The molecule has 1 fully saturated rings. The number of ether oxygens (including phenoxy) is 2. The van der Waals surface area contributed by atoms with Gasteiger partial charge in [-0.2, -0.15) is 0 Å². The number of carbonyl (C=O) groups is 4. The molecule has 0 aromatic heterocycles. The van der Waals surface area contributed by atoms with Gasteiger partial charge in [0.25, 0.3) is 0 Å². The largest absolute Gasteiger partial charge is 0.501 e. The molecule has 1 aromatic carbocycles. The summed E-state index contributed by atoms with van der Waals surface area (Å²) in [7, 11) is 4.63. The Morgan fingerprint density at radius 3 is 2.44 bits per heavy atom. The smallest absolute Gasteiger partial charge is 0.245 e. The number of benzene rings is 1. The van der Waals surface area contributed by atoms with E-state index in [1.54, 1.807) is 46.3 Å². The van der Waals surface area contributed by atoms with E-state index in [1.165, 1.54) is 18.9 Å². The summed E-state index contributed by atoms with van der Waals surface area (Å²) in [4.78, 5) is 52.7. The van der Waals surface area contributed by atoms with Gasteiger partial charge in [-0.05, 0) is 51.3 Å². The van der Waals surface area contributed by atoms with E-state index in [9.17, 15) is 19.2 Å². The fourth-order valence-electron chi connectivity index (χ4n) is 4.49. The van der Waals surface area contributed by atoms with Crippen molar-refractivity contribution in [3.63, 3.8) is 0 Å². The van der Waals surface area contributed by atoms with E-state index < -0.39 is 36.0 Å². The van der Waals surface area contributed by atoms with Crippen molar-refractivity contribution < 1.29 is 28.7 Å². The van der Waals surface area contributed by atoms with E-state index in [2.05, 4.69) is 22.5 Å². The lowest BCUT2D eigenvalue weighted by atomic mass is 9.97. The Bertz CT molecular complexity index is 1120. The van der Waals surface area contributed by atoms with E-state index in [-0.39, 0.29) is 18.2 Å². The number of hydrogen-bond acceptors (Lipinski definition) is 7. The Balaban J connectivity index is 2.32. The number of nitrogens with two attached hydrogens (primary N) is 1. The first-order valence-electron chi connectivity index (χ1n) is 12.9. The highest BCUT2D eigenvalue weighted by molar-refractivity contribution is 5.95. The minimum Gasteiger partial charge on any atom is -0.501 e. The highest BCUT2D eigenvalue weighted by Crippen LogP contribution is 2.31. The third kappa shape index (κ3) is 7.82. The molecule has 0 bridgehead atoms. The van der Waals surface area contributed by atoms with Crippen LogP contribution in [0, 0.1) is 0 Å². The predicted octanol–water partition coefficient (Wildman–Crippen LogP) is 0.875. The van der Waals surface area contributed by atoms with Crippen molar-refractivity contribution in [3.8, 4) is 5.75 Å².